The van der Waals surface area contributed by atoms with Crippen molar-refractivity contribution in [2.24, 2.45) is 20.4 Å². The van der Waals surface area contributed by atoms with Crippen molar-refractivity contribution in [3.05, 3.63) is 277 Å². The third kappa shape index (κ3) is 10.2. The van der Waals surface area contributed by atoms with Gasteiger partial charge < -0.3 is 0 Å². The summed E-state index contributed by atoms with van der Waals surface area (Å²) in [7, 11) is 0. The molecule has 82 heavy (non-hydrogen) atoms. The van der Waals surface area contributed by atoms with Gasteiger partial charge in [0.15, 0.2) is 23.3 Å². The van der Waals surface area contributed by atoms with E-state index in [1.807, 2.05) is 275 Å². The van der Waals surface area contributed by atoms with Crippen molar-refractivity contribution in [3.8, 4) is 0 Å². The average Bonchev–Trinajstić information content (AvgIpc) is 3.57. The highest BCUT2D eigenvalue weighted by Crippen LogP contribution is 2.34. The molecular weight excluding hydrogens is 1100 g/mol. The maximum absolute atomic E-state index is 6.42. The Labute approximate surface area is 494 Å². The minimum Gasteiger partial charge on any atom is -0.273 e. The molecule has 4 N–H and O–H groups in total. The van der Waals surface area contributed by atoms with Gasteiger partial charge in [-0.1, -0.05) is 176 Å². The van der Waals surface area contributed by atoms with Crippen LogP contribution in [-0.2, 0) is 0 Å². The Hall–Kier alpha value is -10.4. The second kappa shape index (κ2) is 22.4. The van der Waals surface area contributed by atoms with Crippen LogP contribution in [-0.4, -0.2) is 43.8 Å². The van der Waals surface area contributed by atoms with Gasteiger partial charge in [0.2, 0.25) is 20.4 Å². The van der Waals surface area contributed by atoms with Crippen molar-refractivity contribution in [1.82, 2.24) is 21.7 Å². The normalized spacial score (nSPS) is 15.4. The van der Waals surface area contributed by atoms with E-state index in [0.717, 1.165) is 39.3 Å². The van der Waals surface area contributed by atoms with Crippen molar-refractivity contribution < 1.29 is 0 Å². The number of nitrogens with one attached hydrogen (secondary N) is 4. The van der Waals surface area contributed by atoms with E-state index < -0.39 is 0 Å². The Balaban J connectivity index is 0.842. The van der Waals surface area contributed by atoms with Crippen LogP contribution in [0.3, 0.4) is 0 Å². The highest BCUT2D eigenvalue weighted by atomic mass is 32.1. The lowest BCUT2D eigenvalue weighted by molar-refractivity contribution is 0.877. The molecule has 0 atom stereocenters. The molecule has 0 aromatic heterocycles. The number of rotatable bonds is 12. The number of nitrogens with zero attached hydrogens (tertiary/aromatic N) is 12. The van der Waals surface area contributed by atoms with Crippen molar-refractivity contribution in [2.75, 3.05) is 40.1 Å². The molecule has 0 saturated carbocycles. The fourth-order valence-electron chi connectivity index (χ4n) is 9.34. The summed E-state index contributed by atoms with van der Waals surface area (Å²) < 4.78 is 0. The minimum absolute atomic E-state index is 0.338. The zero-order valence-corrected chi connectivity index (χ0v) is 46.5. The highest BCUT2D eigenvalue weighted by Gasteiger charge is 2.34. The highest BCUT2D eigenvalue weighted by molar-refractivity contribution is 7.81. The van der Waals surface area contributed by atoms with Gasteiger partial charge in [0, 0.05) is 22.3 Å². The number of hydrazine groups is 4. The summed E-state index contributed by atoms with van der Waals surface area (Å²) in [6, 6.07) is 83.0. The molecule has 0 saturated heterocycles. The minimum atomic E-state index is 0.338. The molecule has 0 spiro atoms. The lowest BCUT2D eigenvalue weighted by Gasteiger charge is -2.39. The molecule has 0 amide bonds. The Morgan fingerprint density at radius 3 is 0.707 bits per heavy atom. The molecule has 0 unspecified atom stereocenters. The van der Waals surface area contributed by atoms with E-state index in [1.54, 1.807) is 20.0 Å². The van der Waals surface area contributed by atoms with Crippen molar-refractivity contribution in [3.63, 3.8) is 0 Å². The van der Waals surface area contributed by atoms with Crippen LogP contribution in [0.2, 0.25) is 0 Å². The first kappa shape index (κ1) is 51.1. The lowest BCUT2D eigenvalue weighted by Crippen LogP contribution is -2.57. The molecule has 0 radical (unpaired) electrons. The third-order valence-corrected chi connectivity index (χ3v) is 14.8. The maximum atomic E-state index is 6.42. The van der Waals surface area contributed by atoms with Crippen molar-refractivity contribution >= 4 is 138 Å². The fraction of sp³-hybridized carbons (Fsp3) is 0. The van der Waals surface area contributed by atoms with E-state index in [1.165, 1.54) is 0 Å². The SMILES string of the molecule is S=C1N(c2cccc(N3NC(c4ccccc4)=NN(c4cccc(N5NC(c6ccccc6)=NN(c6cccc(N7NC(c8ccccc8)=NN(c8ccccc8)C7=S)c6)C5=S)c4)C3=S)c2)N=C(c2ccccc2)NN1c1ccccc1. The number of para-hydroxylation sites is 2. The van der Waals surface area contributed by atoms with Crippen LogP contribution in [0.25, 0.3) is 0 Å². The predicted molar refractivity (Wildman–Crippen MR) is 347 cm³/mol. The van der Waals surface area contributed by atoms with Gasteiger partial charge in [-0.3, -0.25) is 21.7 Å². The van der Waals surface area contributed by atoms with Gasteiger partial charge in [0.05, 0.1) is 45.5 Å². The molecule has 0 aliphatic carbocycles. The third-order valence-electron chi connectivity index (χ3n) is 13.4. The van der Waals surface area contributed by atoms with Crippen molar-refractivity contribution in [1.29, 1.82) is 0 Å². The van der Waals surface area contributed by atoms with Gasteiger partial charge in [-0.25, -0.2) is 40.1 Å². The first-order valence-electron chi connectivity index (χ1n) is 25.9. The average molecular weight is 1140 g/mol. The van der Waals surface area contributed by atoms with Crippen LogP contribution in [0.1, 0.15) is 22.3 Å². The molecule has 398 valence electrons. The fourth-order valence-corrected chi connectivity index (χ4v) is 10.5. The summed E-state index contributed by atoms with van der Waals surface area (Å²) in [5.74, 6) is 2.33. The molecule has 0 bridgehead atoms. The Morgan fingerprint density at radius 2 is 0.427 bits per heavy atom. The molecule has 9 aromatic carbocycles. The van der Waals surface area contributed by atoms with E-state index in [2.05, 4.69) is 21.7 Å². The smallest absolute Gasteiger partial charge is 0.221 e. The van der Waals surface area contributed by atoms with Gasteiger partial charge in [0.1, 0.15) is 0 Å². The number of hydrogen-bond acceptors (Lipinski definition) is 12. The zero-order valence-electron chi connectivity index (χ0n) is 43.2. The monoisotopic (exact) mass is 1140 g/mol. The van der Waals surface area contributed by atoms with Crippen LogP contribution in [0.4, 0.5) is 45.5 Å². The lowest BCUT2D eigenvalue weighted by atomic mass is 10.2. The number of hydrogen-bond donors (Lipinski definition) is 4. The van der Waals surface area contributed by atoms with Crippen LogP contribution in [0.5, 0.6) is 0 Å². The van der Waals surface area contributed by atoms with E-state index in [0.29, 0.717) is 72.2 Å². The molecule has 9 aromatic rings. The molecule has 4 aliphatic heterocycles. The molecule has 0 fully saturated rings. The molecule has 20 heteroatoms. The molecule has 13 rings (SSSR count). The summed E-state index contributed by atoms with van der Waals surface area (Å²) in [5, 5.41) is 36.2. The summed E-state index contributed by atoms with van der Waals surface area (Å²) in [5.41, 5.74) is 23.2. The first-order valence-corrected chi connectivity index (χ1v) is 27.5. The van der Waals surface area contributed by atoms with E-state index in [4.69, 9.17) is 69.3 Å². The van der Waals surface area contributed by atoms with Crippen LogP contribution < -0.4 is 61.8 Å². The predicted octanol–water partition coefficient (Wildman–Crippen LogP) is 11.6. The number of hydrazone groups is 4. The van der Waals surface area contributed by atoms with Gasteiger partial charge in [-0.2, -0.15) is 0 Å². The number of thiocarbonyl (C=S) groups is 4. The summed E-state index contributed by atoms with van der Waals surface area (Å²) >= 11 is 25.2. The molecule has 4 aliphatic rings. The van der Waals surface area contributed by atoms with Crippen LogP contribution >= 0.6 is 48.9 Å². The number of anilines is 8. The number of benzene rings is 9. The largest absolute Gasteiger partial charge is 0.273 e. The first-order chi connectivity index (χ1) is 40.3. The Bertz CT molecular complexity index is 4020. The quantitative estimate of drug-likeness (QED) is 0.0867. The maximum Gasteiger partial charge on any atom is 0.221 e. The molecular formula is C62H46N16S4. The van der Waals surface area contributed by atoms with Crippen molar-refractivity contribution in [2.45, 2.75) is 0 Å². The second-order valence-electron chi connectivity index (χ2n) is 18.7. The van der Waals surface area contributed by atoms with Crippen LogP contribution in [0.15, 0.2) is 275 Å². The van der Waals surface area contributed by atoms with Gasteiger partial charge in [-0.05, 0) is 128 Å². The van der Waals surface area contributed by atoms with Gasteiger partial charge >= 0.3 is 0 Å². The summed E-state index contributed by atoms with van der Waals surface area (Å²) in [4.78, 5) is 0. The molecule has 16 nitrogen and oxygen atoms in total. The number of amidine groups is 4. The van der Waals surface area contributed by atoms with E-state index in [9.17, 15) is 0 Å². The topological polar surface area (TPSA) is 123 Å². The standard InChI is InChI=1S/C62H46N16S4/c79-59-71(47-30-15-5-16-31-47)63-55(43-22-7-1-8-23-43)65-73(59)49-34-19-36-51(40-49)75-61(81)77(69-57(67-75)45-26-11-3-12-27-45)53-38-21-39-54(42-53)78-62(82)76(68-58(70-78)46-28-13-4-14-29-46)52-37-20-35-50(41-52)74-60(80)72(48-32-17-6-18-33-48)64-56(66-74)44-24-9-2-10-25-44/h1-42H,(H,63,65)(H,64,66)(H,67,69)(H,68,70). The Kier molecular flexibility index (Phi) is 14.0. The summed E-state index contributed by atoms with van der Waals surface area (Å²) in [6.45, 7) is 0. The second-order valence-corrected chi connectivity index (χ2v) is 20.1. The van der Waals surface area contributed by atoms with Gasteiger partial charge in [0.25, 0.3) is 0 Å². The zero-order chi connectivity index (χ0) is 55.5. The van der Waals surface area contributed by atoms with Crippen LogP contribution in [0, 0.1) is 0 Å². The van der Waals surface area contributed by atoms with E-state index >= 15 is 0 Å². The van der Waals surface area contributed by atoms with Gasteiger partial charge in [-0.15, -0.1) is 20.4 Å². The Morgan fingerprint density at radius 1 is 0.220 bits per heavy atom. The molecule has 4 heterocycles. The summed E-state index contributed by atoms with van der Waals surface area (Å²) in [6.07, 6.45) is 0. The van der Waals surface area contributed by atoms with E-state index in [-0.39, 0.29) is 0 Å².